The predicted molar refractivity (Wildman–Crippen MR) is 103 cm³/mol. The van der Waals surface area contributed by atoms with Gasteiger partial charge in [-0.25, -0.2) is 13.1 Å². The average molecular weight is 378 g/mol. The van der Waals surface area contributed by atoms with Crippen LogP contribution in [-0.2, 0) is 21.2 Å². The first-order valence-electron chi connectivity index (χ1n) is 8.50. The second-order valence-electron chi connectivity index (χ2n) is 6.44. The quantitative estimate of drug-likeness (QED) is 0.767. The van der Waals surface area contributed by atoms with Crippen LogP contribution in [0.1, 0.15) is 22.3 Å². The Morgan fingerprint density at radius 2 is 1.69 bits per heavy atom. The van der Waals surface area contributed by atoms with Crippen LogP contribution < -0.4 is 9.46 Å². The van der Waals surface area contributed by atoms with Gasteiger partial charge < -0.3 is 9.47 Å². The standard InChI is InChI=1S/C20H27NO4S/c1-14-11-19(25-5)15(2)16(3)20(14)26(22,23)21-18(13-24-4)12-17-9-7-6-8-10-17/h6-11,18,21H,12-13H2,1-5H3. The van der Waals surface area contributed by atoms with E-state index < -0.39 is 10.0 Å². The van der Waals surface area contributed by atoms with E-state index >= 15 is 0 Å². The van der Waals surface area contributed by atoms with Crippen molar-refractivity contribution < 1.29 is 17.9 Å². The first kappa shape index (κ1) is 20.4. The molecular weight excluding hydrogens is 350 g/mol. The minimum atomic E-state index is -3.70. The van der Waals surface area contributed by atoms with Gasteiger partial charge in [0.2, 0.25) is 10.0 Å². The maximum absolute atomic E-state index is 13.1. The summed E-state index contributed by atoms with van der Waals surface area (Å²) in [7, 11) is -0.541. The molecule has 0 aliphatic rings. The molecule has 1 N–H and O–H groups in total. The minimum absolute atomic E-state index is 0.293. The van der Waals surface area contributed by atoms with Gasteiger partial charge in [-0.15, -0.1) is 0 Å². The van der Waals surface area contributed by atoms with E-state index in [1.807, 2.05) is 44.2 Å². The largest absolute Gasteiger partial charge is 0.496 e. The second kappa shape index (κ2) is 8.66. The highest BCUT2D eigenvalue weighted by atomic mass is 32.2. The Morgan fingerprint density at radius 3 is 2.27 bits per heavy atom. The zero-order valence-electron chi connectivity index (χ0n) is 16.0. The van der Waals surface area contributed by atoms with Crippen molar-refractivity contribution in [3.63, 3.8) is 0 Å². The van der Waals surface area contributed by atoms with Crippen molar-refractivity contribution in [2.24, 2.45) is 0 Å². The highest BCUT2D eigenvalue weighted by molar-refractivity contribution is 7.89. The summed E-state index contributed by atoms with van der Waals surface area (Å²) in [5.41, 5.74) is 3.24. The number of hydrogen-bond donors (Lipinski definition) is 1. The molecule has 0 saturated heterocycles. The van der Waals surface area contributed by atoms with Gasteiger partial charge in [0.05, 0.1) is 18.6 Å². The maximum atomic E-state index is 13.1. The fourth-order valence-corrected chi connectivity index (χ4v) is 4.91. The summed E-state index contributed by atoms with van der Waals surface area (Å²) in [5.74, 6) is 0.691. The lowest BCUT2D eigenvalue weighted by molar-refractivity contribution is 0.174. The molecule has 26 heavy (non-hydrogen) atoms. The Labute approximate surface area is 156 Å². The number of aryl methyl sites for hydroxylation is 1. The molecule has 2 aromatic carbocycles. The first-order valence-corrected chi connectivity index (χ1v) is 9.98. The normalized spacial score (nSPS) is 12.8. The molecule has 1 unspecified atom stereocenters. The van der Waals surface area contributed by atoms with Crippen molar-refractivity contribution in [1.29, 1.82) is 0 Å². The Balaban J connectivity index is 2.35. The second-order valence-corrected chi connectivity index (χ2v) is 8.09. The van der Waals surface area contributed by atoms with Crippen molar-refractivity contribution >= 4 is 10.0 Å². The lowest BCUT2D eigenvalue weighted by atomic mass is 10.1. The average Bonchev–Trinajstić information content (AvgIpc) is 2.58. The number of nitrogens with one attached hydrogen (secondary N) is 1. The molecule has 2 rings (SSSR count). The molecule has 5 nitrogen and oxygen atoms in total. The van der Waals surface area contributed by atoms with Crippen LogP contribution in [0.5, 0.6) is 5.75 Å². The number of ether oxygens (including phenoxy) is 2. The number of methoxy groups -OCH3 is 2. The molecule has 6 heteroatoms. The number of rotatable bonds is 8. The van der Waals surface area contributed by atoms with E-state index in [0.29, 0.717) is 34.8 Å². The Bertz CT molecular complexity index is 848. The number of hydrogen-bond acceptors (Lipinski definition) is 4. The van der Waals surface area contributed by atoms with Gasteiger partial charge in [-0.1, -0.05) is 30.3 Å². The fraction of sp³-hybridized carbons (Fsp3) is 0.400. The van der Waals surface area contributed by atoms with Gasteiger partial charge in [0.25, 0.3) is 0 Å². The molecule has 0 fully saturated rings. The Hall–Kier alpha value is -1.89. The Kier molecular flexibility index (Phi) is 6.81. The van der Waals surface area contributed by atoms with E-state index in [-0.39, 0.29) is 6.04 Å². The number of sulfonamides is 1. The summed E-state index contributed by atoms with van der Waals surface area (Å²) in [5, 5.41) is 0. The molecule has 142 valence electrons. The summed E-state index contributed by atoms with van der Waals surface area (Å²) in [4.78, 5) is 0.310. The third kappa shape index (κ3) is 4.63. The van der Waals surface area contributed by atoms with E-state index in [9.17, 15) is 8.42 Å². The molecule has 0 amide bonds. The minimum Gasteiger partial charge on any atom is -0.496 e. The van der Waals surface area contributed by atoms with Crippen LogP contribution in [0.4, 0.5) is 0 Å². The summed E-state index contributed by atoms with van der Waals surface area (Å²) < 4.78 is 39.6. The van der Waals surface area contributed by atoms with Gasteiger partial charge >= 0.3 is 0 Å². The first-order chi connectivity index (χ1) is 12.3. The molecule has 0 aliphatic carbocycles. The summed E-state index contributed by atoms with van der Waals surface area (Å²) in [6.07, 6.45) is 0.557. The lowest BCUT2D eigenvalue weighted by Crippen LogP contribution is -2.40. The molecule has 0 aromatic heterocycles. The zero-order chi connectivity index (χ0) is 19.3. The topological polar surface area (TPSA) is 64.6 Å². The van der Waals surface area contributed by atoms with E-state index in [1.165, 1.54) is 0 Å². The molecule has 0 heterocycles. The van der Waals surface area contributed by atoms with Crippen molar-refractivity contribution in [3.8, 4) is 5.75 Å². The highest BCUT2D eigenvalue weighted by Crippen LogP contribution is 2.30. The molecule has 0 aliphatic heterocycles. The van der Waals surface area contributed by atoms with Crippen LogP contribution in [0.2, 0.25) is 0 Å². The van der Waals surface area contributed by atoms with Crippen molar-refractivity contribution in [1.82, 2.24) is 4.72 Å². The van der Waals surface area contributed by atoms with Crippen LogP contribution in [0.15, 0.2) is 41.3 Å². The molecule has 1 atom stereocenters. The van der Waals surface area contributed by atoms with Gasteiger partial charge in [-0.2, -0.15) is 0 Å². The summed E-state index contributed by atoms with van der Waals surface area (Å²) in [6.45, 7) is 5.75. The Morgan fingerprint density at radius 1 is 1.04 bits per heavy atom. The predicted octanol–water partition coefficient (Wildman–Crippen LogP) is 3.16. The van der Waals surface area contributed by atoms with E-state index in [1.54, 1.807) is 27.2 Å². The number of benzene rings is 2. The van der Waals surface area contributed by atoms with Crippen LogP contribution in [-0.4, -0.2) is 35.3 Å². The van der Waals surface area contributed by atoms with Gasteiger partial charge in [0.1, 0.15) is 5.75 Å². The van der Waals surface area contributed by atoms with Crippen LogP contribution in [0.25, 0.3) is 0 Å². The molecule has 0 spiro atoms. The van der Waals surface area contributed by atoms with Gasteiger partial charge in [-0.3, -0.25) is 0 Å². The molecule has 0 radical (unpaired) electrons. The third-order valence-electron chi connectivity index (χ3n) is 4.48. The molecule has 2 aromatic rings. The van der Waals surface area contributed by atoms with Crippen molar-refractivity contribution in [3.05, 3.63) is 58.7 Å². The van der Waals surface area contributed by atoms with Crippen LogP contribution >= 0.6 is 0 Å². The molecule has 0 saturated carbocycles. The highest BCUT2D eigenvalue weighted by Gasteiger charge is 2.26. The fourth-order valence-electron chi connectivity index (χ4n) is 3.16. The van der Waals surface area contributed by atoms with E-state index in [0.717, 1.165) is 11.1 Å². The smallest absolute Gasteiger partial charge is 0.241 e. The molecule has 0 bridgehead atoms. The van der Waals surface area contributed by atoms with E-state index in [4.69, 9.17) is 9.47 Å². The zero-order valence-corrected chi connectivity index (χ0v) is 16.8. The summed E-state index contributed by atoms with van der Waals surface area (Å²) in [6, 6.07) is 11.2. The van der Waals surface area contributed by atoms with Gasteiger partial charge in [-0.05, 0) is 55.5 Å². The van der Waals surface area contributed by atoms with Crippen molar-refractivity contribution in [2.75, 3.05) is 20.8 Å². The van der Waals surface area contributed by atoms with Crippen LogP contribution in [0.3, 0.4) is 0 Å². The van der Waals surface area contributed by atoms with Gasteiger partial charge in [0.15, 0.2) is 0 Å². The van der Waals surface area contributed by atoms with Crippen molar-refractivity contribution in [2.45, 2.75) is 38.1 Å². The van der Waals surface area contributed by atoms with Gasteiger partial charge in [0, 0.05) is 13.2 Å². The monoisotopic (exact) mass is 377 g/mol. The van der Waals surface area contributed by atoms with Crippen LogP contribution in [0, 0.1) is 20.8 Å². The van der Waals surface area contributed by atoms with E-state index in [2.05, 4.69) is 4.72 Å². The maximum Gasteiger partial charge on any atom is 0.241 e. The lowest BCUT2D eigenvalue weighted by Gasteiger charge is -2.21. The SMILES string of the molecule is COCC(Cc1ccccc1)NS(=O)(=O)c1c(C)cc(OC)c(C)c1C. The third-order valence-corrected chi connectivity index (χ3v) is 6.29. The molecular formula is C20H27NO4S. The summed E-state index contributed by atoms with van der Waals surface area (Å²) >= 11 is 0.